The number of aromatic amines is 1. The van der Waals surface area contributed by atoms with Gasteiger partial charge in [0.2, 0.25) is 0 Å². The molecule has 5 heteroatoms. The van der Waals surface area contributed by atoms with Crippen molar-refractivity contribution in [1.29, 1.82) is 0 Å². The molecule has 96 valence electrons. The molecule has 1 aromatic heterocycles. The van der Waals surface area contributed by atoms with E-state index in [2.05, 4.69) is 33.9 Å². The minimum atomic E-state index is 0.669. The number of H-pyrrole nitrogens is 1. The third kappa shape index (κ3) is 2.14. The van der Waals surface area contributed by atoms with Gasteiger partial charge in [-0.1, -0.05) is 23.7 Å². The average molecular weight is 354 g/mol. The maximum absolute atomic E-state index is 6.17. The quantitative estimate of drug-likeness (QED) is 0.580. The van der Waals surface area contributed by atoms with Crippen LogP contribution in [0.25, 0.3) is 16.7 Å². The lowest BCUT2D eigenvalue weighted by atomic mass is 10.2. The van der Waals surface area contributed by atoms with E-state index in [9.17, 15) is 0 Å². The minimum Gasteiger partial charge on any atom is -0.330 e. The van der Waals surface area contributed by atoms with Gasteiger partial charge in [-0.2, -0.15) is 0 Å². The van der Waals surface area contributed by atoms with Crippen LogP contribution in [-0.2, 0) is 0 Å². The number of imidazole rings is 1. The van der Waals surface area contributed by atoms with Crippen LogP contribution in [0.1, 0.15) is 5.56 Å². The molecule has 2 nitrogen and oxygen atoms in total. The number of aryl methyl sites for hydroxylation is 1. The van der Waals surface area contributed by atoms with E-state index in [4.69, 9.17) is 23.8 Å². The van der Waals surface area contributed by atoms with Crippen LogP contribution in [0, 0.1) is 11.7 Å². The van der Waals surface area contributed by atoms with Gasteiger partial charge in [0.1, 0.15) is 0 Å². The molecule has 19 heavy (non-hydrogen) atoms. The highest BCUT2D eigenvalue weighted by atomic mass is 79.9. The van der Waals surface area contributed by atoms with Crippen LogP contribution in [-0.4, -0.2) is 9.55 Å². The fourth-order valence-electron chi connectivity index (χ4n) is 2.20. The molecule has 0 saturated carbocycles. The van der Waals surface area contributed by atoms with E-state index in [0.29, 0.717) is 9.79 Å². The molecule has 3 rings (SSSR count). The monoisotopic (exact) mass is 352 g/mol. The Morgan fingerprint density at radius 3 is 2.79 bits per heavy atom. The van der Waals surface area contributed by atoms with Crippen molar-refractivity contribution in [3.05, 3.63) is 56.2 Å². The van der Waals surface area contributed by atoms with Crippen LogP contribution in [0.3, 0.4) is 0 Å². The Bertz CT molecular complexity index is 835. The Morgan fingerprint density at radius 2 is 2.05 bits per heavy atom. The summed E-state index contributed by atoms with van der Waals surface area (Å²) >= 11 is 15.0. The lowest BCUT2D eigenvalue weighted by molar-refractivity contribution is 1.06. The van der Waals surface area contributed by atoms with Crippen molar-refractivity contribution >= 4 is 50.8 Å². The maximum Gasteiger partial charge on any atom is 0.182 e. The number of benzene rings is 2. The second-order valence-corrected chi connectivity index (χ2v) is 5.98. The highest BCUT2D eigenvalue weighted by Gasteiger charge is 2.09. The molecule has 0 amide bonds. The van der Waals surface area contributed by atoms with Gasteiger partial charge in [-0.05, 0) is 64.9 Å². The summed E-state index contributed by atoms with van der Waals surface area (Å²) in [5.41, 5.74) is 4.25. The fourth-order valence-corrected chi connectivity index (χ4v) is 2.93. The SMILES string of the molecule is Cc1cccc2[nH]c(=S)n(-c3ccc(Br)c(Cl)c3)c12. The lowest BCUT2D eigenvalue weighted by Gasteiger charge is -2.07. The zero-order valence-corrected chi connectivity index (χ0v) is 13.2. The van der Waals surface area contributed by atoms with Crippen LogP contribution >= 0.6 is 39.7 Å². The topological polar surface area (TPSA) is 20.7 Å². The van der Waals surface area contributed by atoms with Crippen molar-refractivity contribution in [1.82, 2.24) is 9.55 Å². The van der Waals surface area contributed by atoms with Crippen molar-refractivity contribution in [2.75, 3.05) is 0 Å². The molecule has 0 spiro atoms. The van der Waals surface area contributed by atoms with Gasteiger partial charge in [-0.3, -0.25) is 4.57 Å². The third-order valence-electron chi connectivity index (χ3n) is 3.07. The second kappa shape index (κ2) is 4.78. The molecule has 0 radical (unpaired) electrons. The second-order valence-electron chi connectivity index (χ2n) is 4.34. The number of fused-ring (bicyclic) bond motifs is 1. The molecule has 2 aromatic carbocycles. The number of rotatable bonds is 1. The number of para-hydroxylation sites is 1. The van der Waals surface area contributed by atoms with Crippen LogP contribution in [0.4, 0.5) is 0 Å². The van der Waals surface area contributed by atoms with Gasteiger partial charge in [0, 0.05) is 10.2 Å². The highest BCUT2D eigenvalue weighted by Crippen LogP contribution is 2.28. The zero-order valence-electron chi connectivity index (χ0n) is 10.1. The maximum atomic E-state index is 6.17. The van der Waals surface area contributed by atoms with Gasteiger partial charge < -0.3 is 4.98 Å². The third-order valence-corrected chi connectivity index (χ3v) is 4.58. The number of nitrogens with zero attached hydrogens (tertiary/aromatic N) is 1. The first-order chi connectivity index (χ1) is 9.08. The van der Waals surface area contributed by atoms with Crippen LogP contribution < -0.4 is 0 Å². The molecule has 1 N–H and O–H groups in total. The normalized spacial score (nSPS) is 11.1. The molecular weight excluding hydrogens is 344 g/mol. The smallest absolute Gasteiger partial charge is 0.182 e. The van der Waals surface area contributed by atoms with E-state index in [1.54, 1.807) is 0 Å². The van der Waals surface area contributed by atoms with E-state index >= 15 is 0 Å². The Labute approximate surface area is 129 Å². The fraction of sp³-hybridized carbons (Fsp3) is 0.0714. The molecule has 0 fully saturated rings. The summed E-state index contributed by atoms with van der Waals surface area (Å²) in [4.78, 5) is 3.22. The summed E-state index contributed by atoms with van der Waals surface area (Å²) in [5, 5.41) is 0.669. The van der Waals surface area contributed by atoms with Crippen molar-refractivity contribution in [2.45, 2.75) is 6.92 Å². The van der Waals surface area contributed by atoms with E-state index in [1.807, 2.05) is 34.9 Å². The summed E-state index contributed by atoms with van der Waals surface area (Å²) in [6.45, 7) is 2.07. The van der Waals surface area contributed by atoms with E-state index in [0.717, 1.165) is 21.2 Å². The first-order valence-electron chi connectivity index (χ1n) is 5.73. The standard InChI is InChI=1S/C14H10BrClN2S/c1-8-3-2-4-12-13(8)18(14(19)17-12)9-5-6-10(15)11(16)7-9/h2-7H,1H3,(H,17,19). The van der Waals surface area contributed by atoms with E-state index in [-0.39, 0.29) is 0 Å². The minimum absolute atomic E-state index is 0.669. The molecule has 0 aliphatic carbocycles. The van der Waals surface area contributed by atoms with Crippen molar-refractivity contribution in [2.24, 2.45) is 0 Å². The molecule has 0 aliphatic heterocycles. The number of hydrogen-bond acceptors (Lipinski definition) is 1. The van der Waals surface area contributed by atoms with Gasteiger partial charge >= 0.3 is 0 Å². The lowest BCUT2D eigenvalue weighted by Crippen LogP contribution is -1.95. The number of halogens is 2. The molecular formula is C14H10BrClN2S. The van der Waals surface area contributed by atoms with Crippen LogP contribution in [0.15, 0.2) is 40.9 Å². The van der Waals surface area contributed by atoms with Crippen molar-refractivity contribution in [3.8, 4) is 5.69 Å². The Balaban J connectivity index is 2.39. The summed E-state index contributed by atoms with van der Waals surface area (Å²) in [7, 11) is 0. The molecule has 3 aromatic rings. The first-order valence-corrected chi connectivity index (χ1v) is 7.31. The number of aromatic nitrogens is 2. The molecule has 0 saturated heterocycles. The van der Waals surface area contributed by atoms with Gasteiger partial charge in [-0.15, -0.1) is 0 Å². The van der Waals surface area contributed by atoms with Gasteiger partial charge in [0.25, 0.3) is 0 Å². The summed E-state index contributed by atoms with van der Waals surface area (Å²) in [6.07, 6.45) is 0. The number of nitrogens with one attached hydrogen (secondary N) is 1. The summed E-state index contributed by atoms with van der Waals surface area (Å²) in [6, 6.07) is 11.9. The molecule has 0 unspecified atom stereocenters. The summed E-state index contributed by atoms with van der Waals surface area (Å²) < 4.78 is 3.56. The average Bonchev–Trinajstić information content (AvgIpc) is 2.70. The van der Waals surface area contributed by atoms with Crippen LogP contribution in [0.2, 0.25) is 5.02 Å². The Morgan fingerprint density at radius 1 is 1.26 bits per heavy atom. The Kier molecular flexibility index (Phi) is 3.25. The largest absolute Gasteiger partial charge is 0.330 e. The van der Waals surface area contributed by atoms with Crippen molar-refractivity contribution < 1.29 is 0 Å². The molecule has 0 aliphatic rings. The van der Waals surface area contributed by atoms with Crippen molar-refractivity contribution in [3.63, 3.8) is 0 Å². The van der Waals surface area contributed by atoms with Gasteiger partial charge in [-0.25, -0.2) is 0 Å². The highest BCUT2D eigenvalue weighted by molar-refractivity contribution is 9.10. The number of hydrogen-bond donors (Lipinski definition) is 1. The predicted molar refractivity (Wildman–Crippen MR) is 85.9 cm³/mol. The molecule has 1 heterocycles. The van der Waals surface area contributed by atoms with E-state index < -0.39 is 0 Å². The van der Waals surface area contributed by atoms with E-state index in [1.165, 1.54) is 5.56 Å². The zero-order chi connectivity index (χ0) is 13.6. The first kappa shape index (κ1) is 12.9. The van der Waals surface area contributed by atoms with Crippen LogP contribution in [0.5, 0.6) is 0 Å². The summed E-state index contributed by atoms with van der Waals surface area (Å²) in [5.74, 6) is 0. The van der Waals surface area contributed by atoms with Gasteiger partial charge in [0.05, 0.1) is 16.1 Å². The Hall–Kier alpha value is -1.10. The molecule has 0 atom stereocenters. The molecule has 0 bridgehead atoms. The predicted octanol–water partition coefficient (Wildman–Crippen LogP) is 5.41. The van der Waals surface area contributed by atoms with Gasteiger partial charge in [0.15, 0.2) is 4.77 Å².